The third kappa shape index (κ3) is 3.21. The van der Waals surface area contributed by atoms with Crippen molar-refractivity contribution in [3.8, 4) is 11.1 Å². The van der Waals surface area contributed by atoms with E-state index in [1.165, 1.54) is 22.3 Å². The van der Waals surface area contributed by atoms with E-state index in [0.29, 0.717) is 0 Å². The van der Waals surface area contributed by atoms with Crippen molar-refractivity contribution < 1.29 is 0 Å². The van der Waals surface area contributed by atoms with Gasteiger partial charge < -0.3 is 5.32 Å². The Balaban J connectivity index is 2.44. The summed E-state index contributed by atoms with van der Waals surface area (Å²) in [6.07, 6.45) is 0. The van der Waals surface area contributed by atoms with Crippen molar-refractivity contribution in [1.82, 2.24) is 5.32 Å². The number of aryl methyl sites for hydroxylation is 1. The van der Waals surface area contributed by atoms with E-state index in [1.54, 1.807) is 0 Å². The molecule has 2 aromatic rings. The van der Waals surface area contributed by atoms with E-state index in [2.05, 4.69) is 77.6 Å². The van der Waals surface area contributed by atoms with Crippen LogP contribution in [0.25, 0.3) is 11.1 Å². The summed E-state index contributed by atoms with van der Waals surface area (Å²) in [5, 5.41) is 3.40. The van der Waals surface area contributed by atoms with Crippen molar-refractivity contribution in [3.63, 3.8) is 0 Å². The predicted molar refractivity (Wildman–Crippen MR) is 81.7 cm³/mol. The molecule has 0 saturated heterocycles. The Hall–Kier alpha value is -1.12. The maximum atomic E-state index is 3.54. The van der Waals surface area contributed by atoms with Crippen molar-refractivity contribution in [2.24, 2.45) is 0 Å². The lowest BCUT2D eigenvalue weighted by atomic mass is 9.97. The molecule has 1 N–H and O–H groups in total. The van der Waals surface area contributed by atoms with Gasteiger partial charge in [0.1, 0.15) is 0 Å². The molecule has 0 atom stereocenters. The molecule has 0 aliphatic carbocycles. The summed E-state index contributed by atoms with van der Waals surface area (Å²) in [4.78, 5) is 0. The molecule has 0 unspecified atom stereocenters. The second-order valence-corrected chi connectivity index (χ2v) is 5.37. The van der Waals surface area contributed by atoms with Gasteiger partial charge in [-0.1, -0.05) is 58.7 Å². The van der Waals surface area contributed by atoms with Gasteiger partial charge in [0, 0.05) is 11.0 Å². The molecule has 0 fully saturated rings. The van der Waals surface area contributed by atoms with Crippen LogP contribution in [0.4, 0.5) is 0 Å². The standard InChI is InChI=1S/C16H18BrN/c1-3-18-11-14-8-7-12(2)9-16(14)13-5-4-6-15(17)10-13/h4-10,18H,3,11H2,1-2H3. The summed E-state index contributed by atoms with van der Waals surface area (Å²) < 4.78 is 1.12. The van der Waals surface area contributed by atoms with Crippen LogP contribution in [-0.4, -0.2) is 6.54 Å². The fourth-order valence-electron chi connectivity index (χ4n) is 2.03. The van der Waals surface area contributed by atoms with Crippen molar-refractivity contribution in [3.05, 3.63) is 58.1 Å². The number of nitrogens with one attached hydrogen (secondary N) is 1. The van der Waals surface area contributed by atoms with Crippen LogP contribution in [-0.2, 0) is 6.54 Å². The van der Waals surface area contributed by atoms with E-state index >= 15 is 0 Å². The van der Waals surface area contributed by atoms with E-state index in [4.69, 9.17) is 0 Å². The lowest BCUT2D eigenvalue weighted by Gasteiger charge is -2.12. The quantitative estimate of drug-likeness (QED) is 0.875. The molecule has 0 amide bonds. The van der Waals surface area contributed by atoms with Gasteiger partial charge in [0.25, 0.3) is 0 Å². The molecule has 0 aliphatic heterocycles. The first-order chi connectivity index (χ1) is 8.70. The number of hydrogen-bond acceptors (Lipinski definition) is 1. The molecule has 0 radical (unpaired) electrons. The summed E-state index contributed by atoms with van der Waals surface area (Å²) in [7, 11) is 0. The highest BCUT2D eigenvalue weighted by molar-refractivity contribution is 9.10. The molecule has 0 aromatic heterocycles. The molecule has 0 bridgehead atoms. The lowest BCUT2D eigenvalue weighted by Crippen LogP contribution is -2.12. The van der Waals surface area contributed by atoms with Gasteiger partial charge in [0.15, 0.2) is 0 Å². The molecule has 94 valence electrons. The van der Waals surface area contributed by atoms with Crippen molar-refractivity contribution in [2.45, 2.75) is 20.4 Å². The zero-order valence-corrected chi connectivity index (χ0v) is 12.4. The molecule has 0 saturated carbocycles. The summed E-state index contributed by atoms with van der Waals surface area (Å²) >= 11 is 3.54. The minimum atomic E-state index is 0.915. The monoisotopic (exact) mass is 303 g/mol. The van der Waals surface area contributed by atoms with Crippen LogP contribution in [0.3, 0.4) is 0 Å². The summed E-state index contributed by atoms with van der Waals surface area (Å²) in [6, 6.07) is 15.1. The molecule has 2 heteroatoms. The van der Waals surface area contributed by atoms with E-state index in [1.807, 2.05) is 0 Å². The van der Waals surface area contributed by atoms with Crippen LogP contribution in [0.15, 0.2) is 46.9 Å². The van der Waals surface area contributed by atoms with E-state index in [9.17, 15) is 0 Å². The minimum Gasteiger partial charge on any atom is -0.313 e. The Kier molecular flexibility index (Phi) is 4.56. The molecule has 1 nitrogen and oxygen atoms in total. The SMILES string of the molecule is CCNCc1ccc(C)cc1-c1cccc(Br)c1. The van der Waals surface area contributed by atoms with Gasteiger partial charge in [0.2, 0.25) is 0 Å². The summed E-state index contributed by atoms with van der Waals surface area (Å²) in [5.74, 6) is 0. The first kappa shape index (κ1) is 13.3. The molecule has 2 rings (SSSR count). The smallest absolute Gasteiger partial charge is 0.0211 e. The second-order valence-electron chi connectivity index (χ2n) is 4.45. The third-order valence-corrected chi connectivity index (χ3v) is 3.46. The Morgan fingerprint density at radius 2 is 1.94 bits per heavy atom. The zero-order valence-electron chi connectivity index (χ0n) is 10.8. The molecule has 18 heavy (non-hydrogen) atoms. The van der Waals surface area contributed by atoms with Gasteiger partial charge in [-0.2, -0.15) is 0 Å². The van der Waals surface area contributed by atoms with Gasteiger partial charge >= 0.3 is 0 Å². The number of benzene rings is 2. The predicted octanol–water partition coefficient (Wildman–Crippen LogP) is 4.53. The van der Waals surface area contributed by atoms with Crippen LogP contribution in [0.5, 0.6) is 0 Å². The minimum absolute atomic E-state index is 0.915. The van der Waals surface area contributed by atoms with Crippen molar-refractivity contribution >= 4 is 15.9 Å². The highest BCUT2D eigenvalue weighted by Gasteiger charge is 2.05. The average Bonchev–Trinajstić information content (AvgIpc) is 2.37. The molecule has 2 aromatic carbocycles. The Labute approximate surface area is 117 Å². The van der Waals surface area contributed by atoms with Crippen LogP contribution in [0.1, 0.15) is 18.1 Å². The van der Waals surface area contributed by atoms with Crippen molar-refractivity contribution in [1.29, 1.82) is 0 Å². The fraction of sp³-hybridized carbons (Fsp3) is 0.250. The van der Waals surface area contributed by atoms with Gasteiger partial charge in [-0.3, -0.25) is 0 Å². The molecular formula is C16H18BrN. The topological polar surface area (TPSA) is 12.0 Å². The highest BCUT2D eigenvalue weighted by atomic mass is 79.9. The fourth-order valence-corrected chi connectivity index (χ4v) is 2.43. The molecule has 0 heterocycles. The zero-order chi connectivity index (χ0) is 13.0. The normalized spacial score (nSPS) is 10.6. The van der Waals surface area contributed by atoms with E-state index < -0.39 is 0 Å². The first-order valence-electron chi connectivity index (χ1n) is 6.27. The highest BCUT2D eigenvalue weighted by Crippen LogP contribution is 2.27. The molecular weight excluding hydrogens is 286 g/mol. The Bertz CT molecular complexity index is 534. The van der Waals surface area contributed by atoms with Gasteiger partial charge in [0.05, 0.1) is 0 Å². The maximum absolute atomic E-state index is 3.54. The summed E-state index contributed by atoms with van der Waals surface area (Å²) in [6.45, 7) is 6.18. The molecule has 0 spiro atoms. The Morgan fingerprint density at radius 1 is 1.11 bits per heavy atom. The van der Waals surface area contributed by atoms with Crippen LogP contribution in [0, 0.1) is 6.92 Å². The largest absolute Gasteiger partial charge is 0.313 e. The maximum Gasteiger partial charge on any atom is 0.0211 e. The number of hydrogen-bond donors (Lipinski definition) is 1. The van der Waals surface area contributed by atoms with Crippen LogP contribution >= 0.6 is 15.9 Å². The van der Waals surface area contributed by atoms with Gasteiger partial charge in [-0.25, -0.2) is 0 Å². The summed E-state index contributed by atoms with van der Waals surface area (Å²) in [5.41, 5.74) is 5.23. The number of halogens is 1. The molecule has 0 aliphatic rings. The second kappa shape index (κ2) is 6.17. The average molecular weight is 304 g/mol. The number of rotatable bonds is 4. The van der Waals surface area contributed by atoms with Gasteiger partial charge in [-0.05, 0) is 42.3 Å². The lowest BCUT2D eigenvalue weighted by molar-refractivity contribution is 0.728. The third-order valence-electron chi connectivity index (χ3n) is 2.97. The van der Waals surface area contributed by atoms with Gasteiger partial charge in [-0.15, -0.1) is 0 Å². The van der Waals surface area contributed by atoms with E-state index in [0.717, 1.165) is 17.6 Å². The van der Waals surface area contributed by atoms with Crippen molar-refractivity contribution in [2.75, 3.05) is 6.54 Å². The first-order valence-corrected chi connectivity index (χ1v) is 7.06. The van der Waals surface area contributed by atoms with Crippen LogP contribution < -0.4 is 5.32 Å². The van der Waals surface area contributed by atoms with Crippen LogP contribution in [0.2, 0.25) is 0 Å². The van der Waals surface area contributed by atoms with E-state index in [-0.39, 0.29) is 0 Å². The Morgan fingerprint density at radius 3 is 2.67 bits per heavy atom.